The minimum Gasteiger partial charge on any atom is -0.450 e. The zero-order chi connectivity index (χ0) is 7.98. The third kappa shape index (κ3) is 5.15. The molecule has 0 atom stereocenters. The SMILES string of the molecule is CCC=C(C)COC(=O)O. The summed E-state index contributed by atoms with van der Waals surface area (Å²) >= 11 is 0. The fraction of sp³-hybridized carbons (Fsp3) is 0.571. The zero-order valence-electron chi connectivity index (χ0n) is 6.26. The van der Waals surface area contributed by atoms with Gasteiger partial charge in [0.1, 0.15) is 6.61 Å². The minimum absolute atomic E-state index is 0.184. The van der Waals surface area contributed by atoms with Crippen LogP contribution in [0.1, 0.15) is 20.3 Å². The summed E-state index contributed by atoms with van der Waals surface area (Å²) in [5.74, 6) is 0. The van der Waals surface area contributed by atoms with Gasteiger partial charge in [-0.1, -0.05) is 13.0 Å². The standard InChI is InChI=1S/C7H12O3/c1-3-4-6(2)5-10-7(8)9/h4H,3,5H2,1-2H3,(H,8,9). The molecule has 0 aliphatic heterocycles. The van der Waals surface area contributed by atoms with Gasteiger partial charge in [-0.25, -0.2) is 4.79 Å². The van der Waals surface area contributed by atoms with Crippen molar-refractivity contribution < 1.29 is 14.6 Å². The Hall–Kier alpha value is -0.990. The monoisotopic (exact) mass is 144 g/mol. The lowest BCUT2D eigenvalue weighted by Gasteiger charge is -1.98. The van der Waals surface area contributed by atoms with Gasteiger partial charge in [0.05, 0.1) is 0 Å². The maximum Gasteiger partial charge on any atom is 0.506 e. The molecule has 0 saturated heterocycles. The number of hydrogen-bond acceptors (Lipinski definition) is 2. The van der Waals surface area contributed by atoms with Gasteiger partial charge in [0.25, 0.3) is 0 Å². The van der Waals surface area contributed by atoms with Crippen LogP contribution in [0.15, 0.2) is 11.6 Å². The molecule has 0 amide bonds. The molecule has 10 heavy (non-hydrogen) atoms. The second-order valence-electron chi connectivity index (χ2n) is 2.01. The quantitative estimate of drug-likeness (QED) is 0.487. The van der Waals surface area contributed by atoms with Crippen LogP contribution >= 0.6 is 0 Å². The molecular weight excluding hydrogens is 132 g/mol. The van der Waals surface area contributed by atoms with Crippen molar-refractivity contribution in [2.75, 3.05) is 6.61 Å². The molecule has 0 aromatic rings. The van der Waals surface area contributed by atoms with Crippen LogP contribution in [0.5, 0.6) is 0 Å². The van der Waals surface area contributed by atoms with Gasteiger partial charge < -0.3 is 9.84 Å². The van der Waals surface area contributed by atoms with Crippen LogP contribution in [0.3, 0.4) is 0 Å². The molecule has 0 spiro atoms. The largest absolute Gasteiger partial charge is 0.506 e. The summed E-state index contributed by atoms with van der Waals surface area (Å²) in [7, 11) is 0. The van der Waals surface area contributed by atoms with Gasteiger partial charge in [-0.05, 0) is 18.9 Å². The van der Waals surface area contributed by atoms with Gasteiger partial charge in [0.2, 0.25) is 0 Å². The van der Waals surface area contributed by atoms with Crippen molar-refractivity contribution in [3.8, 4) is 0 Å². The van der Waals surface area contributed by atoms with Crippen molar-refractivity contribution in [2.24, 2.45) is 0 Å². The Kier molecular flexibility index (Phi) is 4.37. The molecule has 0 saturated carbocycles. The lowest BCUT2D eigenvalue weighted by molar-refractivity contribution is 0.0996. The van der Waals surface area contributed by atoms with Gasteiger partial charge >= 0.3 is 6.16 Å². The number of carbonyl (C=O) groups is 1. The van der Waals surface area contributed by atoms with E-state index in [2.05, 4.69) is 4.74 Å². The molecule has 58 valence electrons. The Morgan fingerprint density at radius 3 is 2.70 bits per heavy atom. The van der Waals surface area contributed by atoms with Crippen molar-refractivity contribution in [1.82, 2.24) is 0 Å². The van der Waals surface area contributed by atoms with E-state index < -0.39 is 6.16 Å². The molecule has 0 fully saturated rings. The van der Waals surface area contributed by atoms with Gasteiger partial charge in [0.15, 0.2) is 0 Å². The highest BCUT2D eigenvalue weighted by molar-refractivity contribution is 5.57. The highest BCUT2D eigenvalue weighted by Gasteiger charge is 1.94. The normalized spacial score (nSPS) is 11.2. The van der Waals surface area contributed by atoms with E-state index >= 15 is 0 Å². The fourth-order valence-electron chi connectivity index (χ4n) is 0.583. The topological polar surface area (TPSA) is 46.5 Å². The van der Waals surface area contributed by atoms with Gasteiger partial charge in [0, 0.05) is 0 Å². The highest BCUT2D eigenvalue weighted by atomic mass is 16.7. The van der Waals surface area contributed by atoms with E-state index in [1.165, 1.54) is 0 Å². The molecule has 0 aliphatic carbocycles. The van der Waals surface area contributed by atoms with E-state index in [1.54, 1.807) is 0 Å². The molecule has 0 unspecified atom stereocenters. The first-order valence-corrected chi connectivity index (χ1v) is 3.18. The second kappa shape index (κ2) is 4.85. The predicted molar refractivity (Wildman–Crippen MR) is 38.0 cm³/mol. The zero-order valence-corrected chi connectivity index (χ0v) is 6.26. The van der Waals surface area contributed by atoms with Crippen LogP contribution < -0.4 is 0 Å². The molecule has 0 bridgehead atoms. The highest BCUT2D eigenvalue weighted by Crippen LogP contribution is 1.95. The molecule has 3 nitrogen and oxygen atoms in total. The van der Waals surface area contributed by atoms with Gasteiger partial charge in [-0.2, -0.15) is 0 Å². The summed E-state index contributed by atoms with van der Waals surface area (Å²) in [5.41, 5.74) is 0.949. The van der Waals surface area contributed by atoms with Gasteiger partial charge in [-0.3, -0.25) is 0 Å². The van der Waals surface area contributed by atoms with Crippen LogP contribution in [0.25, 0.3) is 0 Å². The molecule has 0 heterocycles. The predicted octanol–water partition coefficient (Wildman–Crippen LogP) is 2.04. The molecule has 0 aliphatic rings. The number of ether oxygens (including phenoxy) is 1. The summed E-state index contributed by atoms with van der Waals surface area (Å²) in [6.07, 6.45) is 1.63. The summed E-state index contributed by atoms with van der Waals surface area (Å²) in [6.45, 7) is 4.01. The van der Waals surface area contributed by atoms with Crippen LogP contribution in [-0.4, -0.2) is 17.9 Å². The Bertz CT molecular complexity index is 138. The number of hydrogen-bond donors (Lipinski definition) is 1. The first kappa shape index (κ1) is 9.01. The number of allylic oxidation sites excluding steroid dienone is 1. The Morgan fingerprint density at radius 1 is 1.70 bits per heavy atom. The molecule has 3 heteroatoms. The summed E-state index contributed by atoms with van der Waals surface area (Å²) in [5, 5.41) is 8.08. The van der Waals surface area contributed by atoms with Crippen LogP contribution in [0.2, 0.25) is 0 Å². The van der Waals surface area contributed by atoms with Crippen molar-refractivity contribution in [3.05, 3.63) is 11.6 Å². The van der Waals surface area contributed by atoms with E-state index in [0.717, 1.165) is 12.0 Å². The summed E-state index contributed by atoms with van der Waals surface area (Å²) < 4.78 is 4.30. The lowest BCUT2D eigenvalue weighted by atomic mass is 10.3. The third-order valence-corrected chi connectivity index (χ3v) is 0.976. The third-order valence-electron chi connectivity index (χ3n) is 0.976. The van der Waals surface area contributed by atoms with Gasteiger partial charge in [-0.15, -0.1) is 0 Å². The van der Waals surface area contributed by atoms with Crippen molar-refractivity contribution in [3.63, 3.8) is 0 Å². The smallest absolute Gasteiger partial charge is 0.450 e. The fourth-order valence-corrected chi connectivity index (χ4v) is 0.583. The summed E-state index contributed by atoms with van der Waals surface area (Å²) in [4.78, 5) is 9.86. The van der Waals surface area contributed by atoms with E-state index in [-0.39, 0.29) is 6.61 Å². The van der Waals surface area contributed by atoms with Crippen molar-refractivity contribution in [2.45, 2.75) is 20.3 Å². The van der Waals surface area contributed by atoms with E-state index in [0.29, 0.717) is 0 Å². The Labute approximate surface area is 60.3 Å². The average Bonchev–Trinajstić information content (AvgIpc) is 1.85. The van der Waals surface area contributed by atoms with Crippen molar-refractivity contribution in [1.29, 1.82) is 0 Å². The summed E-state index contributed by atoms with van der Waals surface area (Å²) in [6, 6.07) is 0. The molecule has 0 aromatic carbocycles. The molecular formula is C7H12O3. The minimum atomic E-state index is -1.22. The molecule has 0 rings (SSSR count). The second-order valence-corrected chi connectivity index (χ2v) is 2.01. The van der Waals surface area contributed by atoms with E-state index in [4.69, 9.17) is 5.11 Å². The molecule has 0 radical (unpaired) electrons. The van der Waals surface area contributed by atoms with Crippen molar-refractivity contribution >= 4 is 6.16 Å². The maximum atomic E-state index is 9.86. The Balaban J connectivity index is 3.48. The molecule has 0 aromatic heterocycles. The first-order chi connectivity index (χ1) is 4.66. The van der Waals surface area contributed by atoms with Crippen LogP contribution in [0.4, 0.5) is 4.79 Å². The molecule has 1 N–H and O–H groups in total. The van der Waals surface area contributed by atoms with Crippen LogP contribution in [-0.2, 0) is 4.74 Å². The number of rotatable bonds is 3. The van der Waals surface area contributed by atoms with E-state index in [9.17, 15) is 4.79 Å². The first-order valence-electron chi connectivity index (χ1n) is 3.18. The average molecular weight is 144 g/mol. The van der Waals surface area contributed by atoms with E-state index in [1.807, 2.05) is 19.9 Å². The Morgan fingerprint density at radius 2 is 2.30 bits per heavy atom. The number of carboxylic acid groups (broad SMARTS) is 1. The lowest BCUT2D eigenvalue weighted by Crippen LogP contribution is -2.02. The maximum absolute atomic E-state index is 9.86. The van der Waals surface area contributed by atoms with Crippen LogP contribution in [0, 0.1) is 0 Å².